The molecule has 1 aliphatic rings. The smallest absolute Gasteiger partial charge is 0.151 e. The molecule has 114 valence electrons. The first kappa shape index (κ1) is 14.4. The fourth-order valence-electron chi connectivity index (χ4n) is 2.62. The second kappa shape index (κ2) is 5.44. The molecule has 23 heavy (non-hydrogen) atoms. The Morgan fingerprint density at radius 2 is 1.96 bits per heavy atom. The number of hydrogen-bond donors (Lipinski definition) is 0. The number of halogens is 3. The van der Waals surface area contributed by atoms with Crippen molar-refractivity contribution in [2.24, 2.45) is 4.99 Å². The average molecular weight is 347 g/mol. The maximum absolute atomic E-state index is 14.2. The lowest BCUT2D eigenvalue weighted by atomic mass is 10.0. The van der Waals surface area contributed by atoms with E-state index < -0.39 is 5.82 Å². The fraction of sp³-hybridized carbons (Fsp3) is 0.0625. The molecule has 4 rings (SSSR count). The van der Waals surface area contributed by atoms with Crippen molar-refractivity contribution >= 4 is 28.9 Å². The Morgan fingerprint density at radius 1 is 1.09 bits per heavy atom. The molecule has 0 radical (unpaired) electrons. The second-order valence-electron chi connectivity index (χ2n) is 4.97. The van der Waals surface area contributed by atoms with Crippen molar-refractivity contribution in [3.05, 3.63) is 75.8 Å². The summed E-state index contributed by atoms with van der Waals surface area (Å²) in [5.74, 6) is 0.267. The molecule has 0 saturated carbocycles. The van der Waals surface area contributed by atoms with Crippen LogP contribution in [0.5, 0.6) is 0 Å². The first-order chi connectivity index (χ1) is 11.2. The second-order valence-corrected chi connectivity index (χ2v) is 5.75. The van der Waals surface area contributed by atoms with Gasteiger partial charge in [0.2, 0.25) is 0 Å². The molecular formula is C16H9Cl2FN4. The standard InChI is InChI=1S/C16H9Cl2FN4/c17-9-3-4-11-13(14(9)18)16(15-10(19)2-1-5-21-15)22-8-12-20-6-7-23(11)12/h1-7H,8H2. The first-order valence-corrected chi connectivity index (χ1v) is 7.58. The molecule has 0 fully saturated rings. The summed E-state index contributed by atoms with van der Waals surface area (Å²) < 4.78 is 16.1. The van der Waals surface area contributed by atoms with Crippen LogP contribution >= 0.6 is 23.2 Å². The minimum Gasteiger partial charge on any atom is -0.301 e. The molecule has 3 heterocycles. The molecule has 2 aromatic heterocycles. The number of nitrogens with zero attached hydrogens (tertiary/aromatic N) is 4. The van der Waals surface area contributed by atoms with E-state index in [1.165, 1.54) is 18.3 Å². The molecule has 0 aliphatic carbocycles. The highest BCUT2D eigenvalue weighted by Gasteiger charge is 2.25. The van der Waals surface area contributed by atoms with E-state index in [0.29, 0.717) is 27.9 Å². The molecule has 7 heteroatoms. The average Bonchev–Trinajstić information content (AvgIpc) is 2.95. The van der Waals surface area contributed by atoms with Crippen LogP contribution in [0.15, 0.2) is 47.8 Å². The van der Waals surface area contributed by atoms with Gasteiger partial charge in [0.15, 0.2) is 5.82 Å². The van der Waals surface area contributed by atoms with Gasteiger partial charge in [0.25, 0.3) is 0 Å². The number of fused-ring (bicyclic) bond motifs is 3. The normalized spacial score (nSPS) is 13.1. The summed E-state index contributed by atoms with van der Waals surface area (Å²) in [6.45, 7) is 0.293. The summed E-state index contributed by atoms with van der Waals surface area (Å²) in [6, 6.07) is 6.38. The van der Waals surface area contributed by atoms with Gasteiger partial charge >= 0.3 is 0 Å². The van der Waals surface area contributed by atoms with E-state index in [1.54, 1.807) is 12.3 Å². The van der Waals surface area contributed by atoms with Crippen molar-refractivity contribution in [3.63, 3.8) is 0 Å². The molecule has 0 spiro atoms. The summed E-state index contributed by atoms with van der Waals surface area (Å²) in [5, 5.41) is 0.688. The van der Waals surface area contributed by atoms with Crippen LogP contribution in [0.3, 0.4) is 0 Å². The lowest BCUT2D eigenvalue weighted by molar-refractivity contribution is 0.618. The van der Waals surface area contributed by atoms with Crippen molar-refractivity contribution in [2.75, 3.05) is 0 Å². The molecule has 1 aliphatic heterocycles. The van der Waals surface area contributed by atoms with Crippen LogP contribution in [0.25, 0.3) is 5.69 Å². The predicted octanol–water partition coefficient (Wildman–Crippen LogP) is 4.06. The Kier molecular flexibility index (Phi) is 3.39. The zero-order chi connectivity index (χ0) is 16.0. The number of pyridine rings is 1. The lowest BCUT2D eigenvalue weighted by Gasteiger charge is -2.14. The van der Waals surface area contributed by atoms with Gasteiger partial charge in [0.1, 0.15) is 11.5 Å². The lowest BCUT2D eigenvalue weighted by Crippen LogP contribution is -2.11. The van der Waals surface area contributed by atoms with E-state index in [9.17, 15) is 4.39 Å². The van der Waals surface area contributed by atoms with E-state index in [0.717, 1.165) is 11.5 Å². The molecule has 0 bridgehead atoms. The van der Waals surface area contributed by atoms with Crippen LogP contribution < -0.4 is 0 Å². The molecule has 3 aromatic rings. The summed E-state index contributed by atoms with van der Waals surface area (Å²) in [4.78, 5) is 12.9. The number of hydrogen-bond acceptors (Lipinski definition) is 3. The summed E-state index contributed by atoms with van der Waals surface area (Å²) >= 11 is 12.6. The summed E-state index contributed by atoms with van der Waals surface area (Å²) in [7, 11) is 0. The zero-order valence-corrected chi connectivity index (χ0v) is 13.2. The number of imidazole rings is 1. The quantitative estimate of drug-likeness (QED) is 0.666. The highest BCUT2D eigenvalue weighted by molar-refractivity contribution is 6.45. The number of benzene rings is 1. The monoisotopic (exact) mass is 346 g/mol. The molecule has 0 saturated heterocycles. The Bertz CT molecular complexity index is 949. The van der Waals surface area contributed by atoms with E-state index in [2.05, 4.69) is 15.0 Å². The van der Waals surface area contributed by atoms with Crippen LogP contribution in [0.2, 0.25) is 10.0 Å². The van der Waals surface area contributed by atoms with Crippen molar-refractivity contribution in [1.29, 1.82) is 0 Å². The number of rotatable bonds is 1. The van der Waals surface area contributed by atoms with E-state index in [1.807, 2.05) is 16.8 Å². The molecule has 0 N–H and O–H groups in total. The molecular weight excluding hydrogens is 338 g/mol. The van der Waals surface area contributed by atoms with Crippen LogP contribution in [-0.2, 0) is 6.54 Å². The van der Waals surface area contributed by atoms with Crippen molar-refractivity contribution < 1.29 is 4.39 Å². The maximum atomic E-state index is 14.2. The van der Waals surface area contributed by atoms with Crippen LogP contribution in [0, 0.1) is 5.82 Å². The molecule has 4 nitrogen and oxygen atoms in total. The van der Waals surface area contributed by atoms with Gasteiger partial charge in [0, 0.05) is 24.2 Å². The van der Waals surface area contributed by atoms with Crippen LogP contribution in [-0.4, -0.2) is 20.2 Å². The summed E-state index contributed by atoms with van der Waals surface area (Å²) in [5.41, 5.74) is 1.81. The van der Waals surface area contributed by atoms with Gasteiger partial charge in [-0.1, -0.05) is 23.2 Å². The SMILES string of the molecule is Fc1cccnc1C1=NCc2nccn2-c2ccc(Cl)c(Cl)c21. The maximum Gasteiger partial charge on any atom is 0.151 e. The minimum atomic E-state index is -0.465. The highest BCUT2D eigenvalue weighted by atomic mass is 35.5. The van der Waals surface area contributed by atoms with Crippen LogP contribution in [0.4, 0.5) is 4.39 Å². The van der Waals surface area contributed by atoms with Crippen molar-refractivity contribution in [2.45, 2.75) is 6.54 Å². The zero-order valence-electron chi connectivity index (χ0n) is 11.7. The van der Waals surface area contributed by atoms with Gasteiger partial charge in [-0.2, -0.15) is 0 Å². The third-order valence-corrected chi connectivity index (χ3v) is 4.45. The number of aliphatic imine (C=N–C) groups is 1. The fourth-order valence-corrected chi connectivity index (χ4v) is 3.03. The third kappa shape index (κ3) is 2.24. The minimum absolute atomic E-state index is 0.142. The van der Waals surface area contributed by atoms with Crippen LogP contribution in [0.1, 0.15) is 17.1 Å². The van der Waals surface area contributed by atoms with Gasteiger partial charge in [0.05, 0.1) is 28.0 Å². The Morgan fingerprint density at radius 3 is 2.78 bits per heavy atom. The Labute approximate surface area is 141 Å². The topological polar surface area (TPSA) is 43.1 Å². The Balaban J connectivity index is 2.06. The Hall–Kier alpha value is -2.24. The van der Waals surface area contributed by atoms with Gasteiger partial charge in [-0.15, -0.1) is 0 Å². The molecule has 1 aromatic carbocycles. The summed E-state index contributed by atoms with van der Waals surface area (Å²) in [6.07, 6.45) is 5.01. The molecule has 0 amide bonds. The van der Waals surface area contributed by atoms with Gasteiger partial charge in [-0.25, -0.2) is 9.37 Å². The highest BCUT2D eigenvalue weighted by Crippen LogP contribution is 2.34. The molecule has 0 atom stereocenters. The van der Waals surface area contributed by atoms with E-state index >= 15 is 0 Å². The van der Waals surface area contributed by atoms with Gasteiger partial charge in [-0.05, 0) is 24.3 Å². The third-order valence-electron chi connectivity index (χ3n) is 3.65. The predicted molar refractivity (Wildman–Crippen MR) is 87.1 cm³/mol. The molecule has 0 unspecified atom stereocenters. The number of aromatic nitrogens is 3. The largest absolute Gasteiger partial charge is 0.301 e. The van der Waals surface area contributed by atoms with Crippen molar-refractivity contribution in [3.8, 4) is 5.69 Å². The first-order valence-electron chi connectivity index (χ1n) is 6.83. The van der Waals surface area contributed by atoms with Gasteiger partial charge in [-0.3, -0.25) is 9.98 Å². The van der Waals surface area contributed by atoms with Gasteiger partial charge < -0.3 is 4.57 Å². The van der Waals surface area contributed by atoms with Crippen molar-refractivity contribution in [1.82, 2.24) is 14.5 Å². The van der Waals surface area contributed by atoms with E-state index in [-0.39, 0.29) is 5.69 Å². The van der Waals surface area contributed by atoms with E-state index in [4.69, 9.17) is 23.2 Å².